The van der Waals surface area contributed by atoms with Crippen molar-refractivity contribution < 1.29 is 0 Å². The molecule has 104 valence electrons. The van der Waals surface area contributed by atoms with Crippen LogP contribution in [-0.4, -0.2) is 31.1 Å². The normalized spacial score (nSPS) is 13.4. The van der Waals surface area contributed by atoms with Gasteiger partial charge in [-0.25, -0.2) is 0 Å². The number of hydrogen-bond acceptors (Lipinski definition) is 3. The predicted molar refractivity (Wildman–Crippen MR) is 82.3 cm³/mol. The molecule has 1 aromatic heterocycles. The summed E-state index contributed by atoms with van der Waals surface area (Å²) in [5.41, 5.74) is 0. The summed E-state index contributed by atoms with van der Waals surface area (Å²) < 4.78 is 0. The molecule has 0 radical (unpaired) electrons. The van der Waals surface area contributed by atoms with Gasteiger partial charge in [-0.15, -0.1) is 11.3 Å². The van der Waals surface area contributed by atoms with Crippen LogP contribution in [0.4, 0.5) is 0 Å². The zero-order chi connectivity index (χ0) is 13.4. The molecule has 0 spiro atoms. The van der Waals surface area contributed by atoms with Crippen LogP contribution in [0.3, 0.4) is 0 Å². The largest absolute Gasteiger partial charge is 0.309 e. The summed E-state index contributed by atoms with van der Waals surface area (Å²) in [7, 11) is 0. The molecule has 1 atom stereocenters. The summed E-state index contributed by atoms with van der Waals surface area (Å²) in [6.07, 6.45) is 1.23. The summed E-state index contributed by atoms with van der Waals surface area (Å²) >= 11 is 1.86. The Hall–Kier alpha value is -0.380. The maximum atomic E-state index is 3.71. The maximum Gasteiger partial charge on any atom is 0.0438 e. The molecule has 0 aliphatic rings. The molecule has 1 unspecified atom stereocenters. The van der Waals surface area contributed by atoms with Gasteiger partial charge < -0.3 is 10.2 Å². The van der Waals surface area contributed by atoms with Gasteiger partial charge in [-0.2, -0.15) is 0 Å². The van der Waals surface area contributed by atoms with Crippen molar-refractivity contribution in [3.8, 4) is 0 Å². The molecular formula is C15H28N2S. The molecule has 1 heterocycles. The lowest BCUT2D eigenvalue weighted by molar-refractivity contribution is 0.292. The fraction of sp³-hybridized carbons (Fsp3) is 0.733. The van der Waals surface area contributed by atoms with Crippen molar-refractivity contribution in [3.63, 3.8) is 0 Å². The minimum Gasteiger partial charge on any atom is -0.309 e. The van der Waals surface area contributed by atoms with E-state index >= 15 is 0 Å². The molecular weight excluding hydrogens is 240 g/mol. The van der Waals surface area contributed by atoms with Crippen LogP contribution >= 0.6 is 11.3 Å². The smallest absolute Gasteiger partial charge is 0.0438 e. The van der Waals surface area contributed by atoms with Crippen LogP contribution in [0.1, 0.15) is 45.0 Å². The highest BCUT2D eigenvalue weighted by atomic mass is 32.1. The van der Waals surface area contributed by atoms with Gasteiger partial charge in [-0.3, -0.25) is 0 Å². The molecule has 0 saturated heterocycles. The Balaban J connectivity index is 2.31. The quantitative estimate of drug-likeness (QED) is 0.686. The van der Waals surface area contributed by atoms with E-state index in [1.165, 1.54) is 17.8 Å². The van der Waals surface area contributed by atoms with Gasteiger partial charge in [0.2, 0.25) is 0 Å². The summed E-state index contributed by atoms with van der Waals surface area (Å²) in [4.78, 5) is 3.95. The van der Waals surface area contributed by atoms with Gasteiger partial charge in [0.15, 0.2) is 0 Å². The van der Waals surface area contributed by atoms with Crippen molar-refractivity contribution in [3.05, 3.63) is 22.4 Å². The Morgan fingerprint density at radius 3 is 2.50 bits per heavy atom. The van der Waals surface area contributed by atoms with Crippen molar-refractivity contribution in [2.75, 3.05) is 26.2 Å². The minimum atomic E-state index is 0.515. The number of thiophene rings is 1. The van der Waals surface area contributed by atoms with Gasteiger partial charge in [0.05, 0.1) is 0 Å². The highest BCUT2D eigenvalue weighted by Gasteiger charge is 2.15. The first-order chi connectivity index (χ1) is 8.69. The van der Waals surface area contributed by atoms with Crippen LogP contribution in [0.2, 0.25) is 0 Å². The molecule has 0 fully saturated rings. The number of rotatable bonds is 9. The fourth-order valence-electron chi connectivity index (χ4n) is 2.23. The Morgan fingerprint density at radius 1 is 1.28 bits per heavy atom. The molecule has 1 N–H and O–H groups in total. The average Bonchev–Trinajstić information content (AvgIpc) is 2.87. The van der Waals surface area contributed by atoms with E-state index in [4.69, 9.17) is 0 Å². The van der Waals surface area contributed by atoms with E-state index in [2.05, 4.69) is 55.4 Å². The van der Waals surface area contributed by atoms with Crippen LogP contribution in [0.25, 0.3) is 0 Å². The first-order valence-corrected chi connectivity index (χ1v) is 8.06. The van der Waals surface area contributed by atoms with Crippen LogP contribution < -0.4 is 5.32 Å². The zero-order valence-electron chi connectivity index (χ0n) is 12.3. The van der Waals surface area contributed by atoms with E-state index in [0.29, 0.717) is 12.0 Å². The third-order valence-electron chi connectivity index (χ3n) is 3.43. The second-order valence-electron chi connectivity index (χ2n) is 5.07. The molecule has 3 heteroatoms. The standard InChI is InChI=1S/C15H28N2S/c1-5-17(6-2)11-8-10-16-15(13(3)4)14-9-7-12-18-14/h7,9,12-13,15-16H,5-6,8,10-11H2,1-4H3. The Labute approximate surface area is 116 Å². The first kappa shape index (κ1) is 15.7. The van der Waals surface area contributed by atoms with Crippen LogP contribution in [0.5, 0.6) is 0 Å². The third kappa shape index (κ3) is 5.09. The van der Waals surface area contributed by atoms with E-state index < -0.39 is 0 Å². The second kappa shape index (κ2) is 8.68. The molecule has 18 heavy (non-hydrogen) atoms. The predicted octanol–water partition coefficient (Wildman–Crippen LogP) is 3.77. The highest BCUT2D eigenvalue weighted by molar-refractivity contribution is 7.10. The van der Waals surface area contributed by atoms with Gasteiger partial charge in [0, 0.05) is 10.9 Å². The van der Waals surface area contributed by atoms with Crippen molar-refractivity contribution in [2.45, 2.75) is 40.2 Å². The van der Waals surface area contributed by atoms with Crippen LogP contribution in [-0.2, 0) is 0 Å². The molecule has 0 bridgehead atoms. The topological polar surface area (TPSA) is 15.3 Å². The SMILES string of the molecule is CCN(CC)CCCNC(c1cccs1)C(C)C. The Morgan fingerprint density at radius 2 is 2.00 bits per heavy atom. The number of nitrogens with one attached hydrogen (secondary N) is 1. The Kier molecular flexibility index (Phi) is 7.56. The van der Waals surface area contributed by atoms with Crippen molar-refractivity contribution >= 4 is 11.3 Å². The highest BCUT2D eigenvalue weighted by Crippen LogP contribution is 2.25. The van der Waals surface area contributed by atoms with E-state index in [-0.39, 0.29) is 0 Å². The van der Waals surface area contributed by atoms with Gasteiger partial charge in [-0.1, -0.05) is 33.8 Å². The van der Waals surface area contributed by atoms with Crippen molar-refractivity contribution in [2.24, 2.45) is 5.92 Å². The lowest BCUT2D eigenvalue weighted by Gasteiger charge is -2.23. The molecule has 0 aliphatic heterocycles. The van der Waals surface area contributed by atoms with E-state index in [1.54, 1.807) is 0 Å². The van der Waals surface area contributed by atoms with Crippen molar-refractivity contribution in [1.29, 1.82) is 0 Å². The molecule has 0 aromatic carbocycles. The monoisotopic (exact) mass is 268 g/mol. The van der Waals surface area contributed by atoms with E-state index in [9.17, 15) is 0 Å². The number of hydrogen-bond donors (Lipinski definition) is 1. The van der Waals surface area contributed by atoms with Crippen LogP contribution in [0, 0.1) is 5.92 Å². The van der Waals surface area contributed by atoms with E-state index in [1.807, 2.05) is 11.3 Å². The van der Waals surface area contributed by atoms with Crippen LogP contribution in [0.15, 0.2) is 17.5 Å². The summed E-state index contributed by atoms with van der Waals surface area (Å²) in [6.45, 7) is 13.7. The lowest BCUT2D eigenvalue weighted by atomic mass is 10.0. The molecule has 0 amide bonds. The molecule has 1 rings (SSSR count). The van der Waals surface area contributed by atoms with Crippen molar-refractivity contribution in [1.82, 2.24) is 10.2 Å². The van der Waals surface area contributed by atoms with Gasteiger partial charge in [0.1, 0.15) is 0 Å². The zero-order valence-corrected chi connectivity index (χ0v) is 13.1. The van der Waals surface area contributed by atoms with Gasteiger partial charge in [-0.05, 0) is 50.0 Å². The third-order valence-corrected chi connectivity index (χ3v) is 4.38. The maximum absolute atomic E-state index is 3.71. The molecule has 2 nitrogen and oxygen atoms in total. The summed E-state index contributed by atoms with van der Waals surface area (Å²) in [5.74, 6) is 0.650. The average molecular weight is 268 g/mol. The van der Waals surface area contributed by atoms with Gasteiger partial charge >= 0.3 is 0 Å². The molecule has 0 saturated carbocycles. The molecule has 0 aliphatic carbocycles. The lowest BCUT2D eigenvalue weighted by Crippen LogP contribution is -2.30. The first-order valence-electron chi connectivity index (χ1n) is 7.18. The summed E-state index contributed by atoms with van der Waals surface area (Å²) in [5, 5.41) is 5.88. The Bertz CT molecular complexity index is 291. The fourth-order valence-corrected chi connectivity index (χ4v) is 3.21. The minimum absolute atomic E-state index is 0.515. The van der Waals surface area contributed by atoms with Gasteiger partial charge in [0.25, 0.3) is 0 Å². The number of nitrogens with zero attached hydrogens (tertiary/aromatic N) is 1. The molecule has 1 aromatic rings. The summed E-state index contributed by atoms with van der Waals surface area (Å²) in [6, 6.07) is 4.90. The second-order valence-corrected chi connectivity index (χ2v) is 6.05. The van der Waals surface area contributed by atoms with E-state index in [0.717, 1.165) is 19.6 Å².